The van der Waals surface area contributed by atoms with E-state index in [1.54, 1.807) is 6.20 Å². The first-order chi connectivity index (χ1) is 10.7. The molecule has 2 rings (SSSR count). The number of nitrogens with one attached hydrogen (secondary N) is 3. The highest BCUT2D eigenvalue weighted by molar-refractivity contribution is 7.09. The average Bonchev–Trinajstić information content (AvgIpc) is 3.21. The molecule has 6 nitrogen and oxygen atoms in total. The van der Waals surface area contributed by atoms with Crippen LogP contribution >= 0.6 is 11.3 Å². The van der Waals surface area contributed by atoms with Crippen LogP contribution in [0.4, 0.5) is 4.79 Å². The molecule has 122 valence electrons. The summed E-state index contributed by atoms with van der Waals surface area (Å²) in [5.74, 6) is 0.289. The molecule has 1 atom stereocenters. The highest BCUT2D eigenvalue weighted by atomic mass is 32.1. The zero-order valence-corrected chi connectivity index (χ0v) is 13.7. The van der Waals surface area contributed by atoms with Crippen LogP contribution in [0.15, 0.2) is 11.6 Å². The molecular formula is C15H24N4O2S. The van der Waals surface area contributed by atoms with Crippen molar-refractivity contribution in [2.75, 3.05) is 13.1 Å². The number of carbonyl (C=O) groups excluding carboxylic acids is 2. The molecule has 1 saturated carbocycles. The van der Waals surface area contributed by atoms with E-state index in [0.29, 0.717) is 13.1 Å². The lowest BCUT2D eigenvalue weighted by atomic mass is 10.1. The first kappa shape index (κ1) is 16.7. The zero-order chi connectivity index (χ0) is 15.8. The zero-order valence-electron chi connectivity index (χ0n) is 12.9. The second-order valence-corrected chi connectivity index (χ2v) is 6.43. The van der Waals surface area contributed by atoms with Gasteiger partial charge in [0.2, 0.25) is 5.91 Å². The Labute approximate surface area is 135 Å². The van der Waals surface area contributed by atoms with Crippen molar-refractivity contribution in [1.82, 2.24) is 20.9 Å². The second-order valence-electron chi connectivity index (χ2n) is 5.50. The van der Waals surface area contributed by atoms with E-state index >= 15 is 0 Å². The van der Waals surface area contributed by atoms with E-state index in [9.17, 15) is 9.59 Å². The Hall–Kier alpha value is -1.63. The molecule has 0 bridgehead atoms. The van der Waals surface area contributed by atoms with Crippen LogP contribution in [0, 0.1) is 5.92 Å². The molecule has 0 aliphatic heterocycles. The second kappa shape index (κ2) is 8.73. The third-order valence-corrected chi connectivity index (χ3v) is 4.79. The molecule has 0 spiro atoms. The topological polar surface area (TPSA) is 83.1 Å². The van der Waals surface area contributed by atoms with Crippen molar-refractivity contribution < 1.29 is 9.59 Å². The molecule has 1 unspecified atom stereocenters. The fourth-order valence-electron chi connectivity index (χ4n) is 2.65. The lowest BCUT2D eigenvalue weighted by molar-refractivity contribution is -0.124. The van der Waals surface area contributed by atoms with E-state index in [4.69, 9.17) is 0 Å². The summed E-state index contributed by atoms with van der Waals surface area (Å²) >= 11 is 1.53. The molecule has 0 saturated heterocycles. The van der Waals surface area contributed by atoms with E-state index < -0.39 is 0 Å². The highest BCUT2D eigenvalue weighted by Crippen LogP contribution is 2.24. The fourth-order valence-corrected chi connectivity index (χ4v) is 3.42. The molecule has 1 heterocycles. The normalized spacial score (nSPS) is 16.2. The van der Waals surface area contributed by atoms with Crippen LogP contribution in [0.1, 0.15) is 50.1 Å². The summed E-state index contributed by atoms with van der Waals surface area (Å²) in [6.07, 6.45) is 6.81. The first-order valence-corrected chi connectivity index (χ1v) is 8.80. The van der Waals surface area contributed by atoms with Gasteiger partial charge in [-0.3, -0.25) is 4.79 Å². The van der Waals surface area contributed by atoms with E-state index in [1.807, 2.05) is 12.3 Å². The maximum atomic E-state index is 11.9. The van der Waals surface area contributed by atoms with E-state index in [1.165, 1.54) is 11.3 Å². The van der Waals surface area contributed by atoms with Gasteiger partial charge in [-0.15, -0.1) is 11.3 Å². The van der Waals surface area contributed by atoms with E-state index in [0.717, 1.165) is 37.1 Å². The van der Waals surface area contributed by atoms with Crippen molar-refractivity contribution in [2.24, 2.45) is 5.92 Å². The van der Waals surface area contributed by atoms with Crippen molar-refractivity contribution in [3.05, 3.63) is 16.6 Å². The number of hydrogen-bond donors (Lipinski definition) is 3. The Balaban J connectivity index is 1.62. The molecule has 3 amide bonds. The summed E-state index contributed by atoms with van der Waals surface area (Å²) in [6, 6.07) is -0.287. The predicted octanol–water partition coefficient (Wildman–Crippen LogP) is 2.20. The Bertz CT molecular complexity index is 472. The minimum Gasteiger partial charge on any atom is -0.354 e. The Kier molecular flexibility index (Phi) is 6.64. The molecule has 22 heavy (non-hydrogen) atoms. The molecule has 0 aromatic carbocycles. The summed E-state index contributed by atoms with van der Waals surface area (Å²) in [7, 11) is 0. The van der Waals surface area contributed by atoms with Crippen LogP contribution in [0.3, 0.4) is 0 Å². The van der Waals surface area contributed by atoms with Gasteiger partial charge in [0.25, 0.3) is 0 Å². The number of nitrogens with zero attached hydrogens (tertiary/aromatic N) is 1. The summed E-state index contributed by atoms with van der Waals surface area (Å²) in [4.78, 5) is 27.9. The van der Waals surface area contributed by atoms with E-state index in [2.05, 4.69) is 20.9 Å². The minimum absolute atomic E-state index is 0.0620. The van der Waals surface area contributed by atoms with Crippen LogP contribution in [0.25, 0.3) is 0 Å². The van der Waals surface area contributed by atoms with Gasteiger partial charge in [0.15, 0.2) is 0 Å². The molecule has 1 aromatic rings. The number of rotatable bonds is 7. The van der Waals surface area contributed by atoms with Gasteiger partial charge in [0.1, 0.15) is 5.01 Å². The minimum atomic E-state index is -0.225. The molecule has 1 aromatic heterocycles. The van der Waals surface area contributed by atoms with E-state index in [-0.39, 0.29) is 23.9 Å². The number of thiazole rings is 1. The standard InChI is InChI=1S/C15H24N4O2S/c1-2-12(14-17-9-10-22-14)19-15(21)18-8-7-16-13(20)11-5-3-4-6-11/h9-12H,2-8H2,1H3,(H,16,20)(H2,18,19,21). The third kappa shape index (κ3) is 4.98. The number of urea groups is 1. The summed E-state index contributed by atoms with van der Waals surface area (Å²) < 4.78 is 0. The summed E-state index contributed by atoms with van der Waals surface area (Å²) in [6.45, 7) is 2.91. The summed E-state index contributed by atoms with van der Waals surface area (Å²) in [5, 5.41) is 11.4. The van der Waals surface area contributed by atoms with Gasteiger partial charge in [-0.25, -0.2) is 9.78 Å². The maximum absolute atomic E-state index is 11.9. The molecular weight excluding hydrogens is 300 g/mol. The van der Waals surface area contributed by atoms with Crippen molar-refractivity contribution >= 4 is 23.3 Å². The van der Waals surface area contributed by atoms with Crippen molar-refractivity contribution in [2.45, 2.75) is 45.1 Å². The van der Waals surface area contributed by atoms with Gasteiger partial charge in [0, 0.05) is 30.6 Å². The predicted molar refractivity (Wildman–Crippen MR) is 86.6 cm³/mol. The van der Waals surface area contributed by atoms with Crippen molar-refractivity contribution in [3.8, 4) is 0 Å². The van der Waals surface area contributed by atoms with Crippen LogP contribution in [-0.4, -0.2) is 30.0 Å². The van der Waals surface area contributed by atoms with Crippen LogP contribution in [0.2, 0.25) is 0 Å². The number of aromatic nitrogens is 1. The fraction of sp³-hybridized carbons (Fsp3) is 0.667. The lowest BCUT2D eigenvalue weighted by Gasteiger charge is -2.15. The highest BCUT2D eigenvalue weighted by Gasteiger charge is 2.22. The monoisotopic (exact) mass is 324 g/mol. The Morgan fingerprint density at radius 3 is 2.68 bits per heavy atom. The SMILES string of the molecule is CCC(NC(=O)NCCNC(=O)C1CCCC1)c1nccs1. The van der Waals surface area contributed by atoms with Gasteiger partial charge in [0.05, 0.1) is 6.04 Å². The molecule has 3 N–H and O–H groups in total. The van der Waals surface area contributed by atoms with Crippen molar-refractivity contribution in [3.63, 3.8) is 0 Å². The largest absolute Gasteiger partial charge is 0.354 e. The van der Waals surface area contributed by atoms with Crippen LogP contribution < -0.4 is 16.0 Å². The first-order valence-electron chi connectivity index (χ1n) is 7.92. The Morgan fingerprint density at radius 2 is 2.05 bits per heavy atom. The molecule has 1 fully saturated rings. The number of amides is 3. The molecule has 1 aliphatic rings. The van der Waals surface area contributed by atoms with Gasteiger partial charge in [-0.1, -0.05) is 19.8 Å². The number of hydrogen-bond acceptors (Lipinski definition) is 4. The number of carbonyl (C=O) groups is 2. The quantitative estimate of drug-likeness (QED) is 0.672. The van der Waals surface area contributed by atoms with Gasteiger partial charge >= 0.3 is 6.03 Å². The molecule has 1 aliphatic carbocycles. The van der Waals surface area contributed by atoms with Gasteiger partial charge in [-0.2, -0.15) is 0 Å². The van der Waals surface area contributed by atoms with Gasteiger partial charge < -0.3 is 16.0 Å². The van der Waals surface area contributed by atoms with Crippen molar-refractivity contribution in [1.29, 1.82) is 0 Å². The van der Waals surface area contributed by atoms with Crippen LogP contribution in [-0.2, 0) is 4.79 Å². The summed E-state index contributed by atoms with van der Waals surface area (Å²) in [5.41, 5.74) is 0. The molecule has 7 heteroatoms. The third-order valence-electron chi connectivity index (χ3n) is 3.90. The average molecular weight is 324 g/mol. The Morgan fingerprint density at radius 1 is 1.32 bits per heavy atom. The smallest absolute Gasteiger partial charge is 0.315 e. The lowest BCUT2D eigenvalue weighted by Crippen LogP contribution is -2.42. The van der Waals surface area contributed by atoms with Gasteiger partial charge in [-0.05, 0) is 19.3 Å². The van der Waals surface area contributed by atoms with Crippen LogP contribution in [0.5, 0.6) is 0 Å². The molecule has 0 radical (unpaired) electrons. The maximum Gasteiger partial charge on any atom is 0.315 e.